The van der Waals surface area contributed by atoms with Crippen molar-refractivity contribution < 1.29 is 0 Å². The summed E-state index contributed by atoms with van der Waals surface area (Å²) in [5, 5.41) is 0. The summed E-state index contributed by atoms with van der Waals surface area (Å²) in [5.74, 6) is 0. The zero-order valence-corrected chi connectivity index (χ0v) is 15.9. The molecule has 1 radical (unpaired) electrons. The van der Waals surface area contributed by atoms with Crippen LogP contribution in [0.4, 0.5) is 0 Å². The molecule has 0 aromatic heterocycles. The third-order valence-electron chi connectivity index (χ3n) is 5.40. The summed E-state index contributed by atoms with van der Waals surface area (Å²) in [5.41, 5.74) is 11.6. The quantitative estimate of drug-likeness (QED) is 0.353. The van der Waals surface area contributed by atoms with Crippen molar-refractivity contribution in [2.24, 2.45) is 0 Å². The SMILES string of the molecule is CC1=Cc2c(ccc(-c3ccccc3)c2-c2ccccc2-c2ccccc2)[CH]1. The molecule has 28 heavy (non-hydrogen) atoms. The van der Waals surface area contributed by atoms with E-state index in [9.17, 15) is 0 Å². The van der Waals surface area contributed by atoms with Crippen molar-refractivity contribution in [3.63, 3.8) is 0 Å². The molecular weight excluding hydrogens is 336 g/mol. The summed E-state index contributed by atoms with van der Waals surface area (Å²) in [6.45, 7) is 2.18. The van der Waals surface area contributed by atoms with Crippen molar-refractivity contribution in [3.05, 3.63) is 120 Å². The highest BCUT2D eigenvalue weighted by Gasteiger charge is 2.21. The molecule has 0 aliphatic heterocycles. The summed E-state index contributed by atoms with van der Waals surface area (Å²) < 4.78 is 0. The number of hydrogen-bond acceptors (Lipinski definition) is 0. The molecule has 133 valence electrons. The molecule has 0 atom stereocenters. The third-order valence-corrected chi connectivity index (χ3v) is 5.40. The van der Waals surface area contributed by atoms with Crippen molar-refractivity contribution in [1.82, 2.24) is 0 Å². The van der Waals surface area contributed by atoms with E-state index in [0.29, 0.717) is 0 Å². The van der Waals surface area contributed by atoms with E-state index in [-0.39, 0.29) is 0 Å². The fourth-order valence-electron chi connectivity index (χ4n) is 4.15. The van der Waals surface area contributed by atoms with Gasteiger partial charge in [0.05, 0.1) is 0 Å². The lowest BCUT2D eigenvalue weighted by Crippen LogP contribution is -1.94. The predicted octanol–water partition coefficient (Wildman–Crippen LogP) is 7.66. The summed E-state index contributed by atoms with van der Waals surface area (Å²) in [4.78, 5) is 0. The van der Waals surface area contributed by atoms with Gasteiger partial charge in [0.1, 0.15) is 0 Å². The molecular formula is C28H21. The molecule has 0 spiro atoms. The Morgan fingerprint density at radius 1 is 0.500 bits per heavy atom. The number of allylic oxidation sites excluding steroid dienone is 1. The molecule has 0 unspecified atom stereocenters. The van der Waals surface area contributed by atoms with E-state index in [1.165, 1.54) is 50.1 Å². The minimum absolute atomic E-state index is 1.25. The molecule has 1 aliphatic rings. The summed E-state index contributed by atoms with van der Waals surface area (Å²) in [6.07, 6.45) is 4.59. The lowest BCUT2D eigenvalue weighted by molar-refractivity contribution is 1.44. The van der Waals surface area contributed by atoms with Crippen LogP contribution in [0.15, 0.2) is 103 Å². The Bertz CT molecular complexity index is 1170. The minimum Gasteiger partial charge on any atom is -0.0642 e. The van der Waals surface area contributed by atoms with Gasteiger partial charge in [0, 0.05) is 6.42 Å². The maximum absolute atomic E-state index is 2.32. The summed E-state index contributed by atoms with van der Waals surface area (Å²) in [7, 11) is 0. The van der Waals surface area contributed by atoms with Crippen LogP contribution in [-0.4, -0.2) is 0 Å². The topological polar surface area (TPSA) is 0 Å². The normalized spacial score (nSPS) is 12.5. The Labute approximate surface area is 166 Å². The van der Waals surface area contributed by atoms with E-state index in [2.05, 4.69) is 116 Å². The Balaban J connectivity index is 1.83. The maximum Gasteiger partial charge on any atom is 0.0161 e. The fraction of sp³-hybridized carbons (Fsp3) is 0.0357. The number of rotatable bonds is 3. The number of hydrogen-bond donors (Lipinski definition) is 0. The molecule has 0 nitrogen and oxygen atoms in total. The molecule has 4 aromatic carbocycles. The molecule has 0 fully saturated rings. The zero-order valence-electron chi connectivity index (χ0n) is 15.9. The zero-order chi connectivity index (χ0) is 18.9. The highest BCUT2D eigenvalue weighted by Crippen LogP contribution is 2.44. The fourth-order valence-corrected chi connectivity index (χ4v) is 4.15. The van der Waals surface area contributed by atoms with Gasteiger partial charge >= 0.3 is 0 Å². The maximum atomic E-state index is 2.32. The second-order valence-electron chi connectivity index (χ2n) is 7.30. The highest BCUT2D eigenvalue weighted by molar-refractivity contribution is 5.98. The van der Waals surface area contributed by atoms with Crippen LogP contribution in [0.1, 0.15) is 18.1 Å². The monoisotopic (exact) mass is 357 g/mol. The van der Waals surface area contributed by atoms with Gasteiger partial charge in [-0.2, -0.15) is 0 Å². The van der Waals surface area contributed by atoms with Crippen molar-refractivity contribution in [3.8, 4) is 33.4 Å². The van der Waals surface area contributed by atoms with E-state index in [0.717, 1.165) is 0 Å². The van der Waals surface area contributed by atoms with Crippen LogP contribution < -0.4 is 0 Å². The lowest BCUT2D eigenvalue weighted by Gasteiger charge is -2.18. The largest absolute Gasteiger partial charge is 0.0642 e. The molecule has 0 bridgehead atoms. The second-order valence-corrected chi connectivity index (χ2v) is 7.30. The average Bonchev–Trinajstić information content (AvgIpc) is 3.14. The van der Waals surface area contributed by atoms with Gasteiger partial charge in [0.2, 0.25) is 0 Å². The number of fused-ring (bicyclic) bond motifs is 1. The second kappa shape index (κ2) is 6.98. The van der Waals surface area contributed by atoms with Gasteiger partial charge in [-0.1, -0.05) is 109 Å². The van der Waals surface area contributed by atoms with Gasteiger partial charge in [-0.3, -0.25) is 0 Å². The van der Waals surface area contributed by atoms with E-state index in [4.69, 9.17) is 0 Å². The Kier molecular flexibility index (Phi) is 4.18. The Morgan fingerprint density at radius 2 is 1.07 bits per heavy atom. The van der Waals surface area contributed by atoms with Gasteiger partial charge in [-0.15, -0.1) is 0 Å². The van der Waals surface area contributed by atoms with Crippen molar-refractivity contribution in [2.45, 2.75) is 6.92 Å². The van der Waals surface area contributed by atoms with E-state index < -0.39 is 0 Å². The van der Waals surface area contributed by atoms with E-state index in [1.54, 1.807) is 0 Å². The molecule has 0 saturated carbocycles. The van der Waals surface area contributed by atoms with Crippen LogP contribution in [-0.2, 0) is 0 Å². The molecule has 4 aromatic rings. The van der Waals surface area contributed by atoms with Crippen molar-refractivity contribution in [1.29, 1.82) is 0 Å². The lowest BCUT2D eigenvalue weighted by atomic mass is 9.85. The minimum atomic E-state index is 1.25. The first kappa shape index (κ1) is 16.8. The third kappa shape index (κ3) is 2.88. The summed E-state index contributed by atoms with van der Waals surface area (Å²) in [6, 6.07) is 34.7. The van der Waals surface area contributed by atoms with Crippen LogP contribution in [0.5, 0.6) is 0 Å². The van der Waals surface area contributed by atoms with Crippen LogP contribution in [0, 0.1) is 6.42 Å². The average molecular weight is 357 g/mol. The Morgan fingerprint density at radius 3 is 1.75 bits per heavy atom. The van der Waals surface area contributed by atoms with Gasteiger partial charge in [0.15, 0.2) is 0 Å². The van der Waals surface area contributed by atoms with E-state index in [1.807, 2.05) is 0 Å². The van der Waals surface area contributed by atoms with Crippen LogP contribution in [0.25, 0.3) is 39.5 Å². The summed E-state index contributed by atoms with van der Waals surface area (Å²) >= 11 is 0. The standard InChI is InChI=1S/C28H21/c1-20-18-23-16-17-25(22-12-6-3-7-13-22)28(27(23)19-20)26-15-9-8-14-24(26)21-10-4-2-5-11-21/h2-19H,1H3. The number of benzene rings is 4. The van der Waals surface area contributed by atoms with Crippen LogP contribution in [0.2, 0.25) is 0 Å². The first-order chi connectivity index (χ1) is 13.8. The predicted molar refractivity (Wildman–Crippen MR) is 120 cm³/mol. The molecule has 0 heteroatoms. The van der Waals surface area contributed by atoms with E-state index >= 15 is 0 Å². The van der Waals surface area contributed by atoms with Crippen LogP contribution >= 0.6 is 0 Å². The molecule has 0 saturated heterocycles. The van der Waals surface area contributed by atoms with Crippen molar-refractivity contribution >= 4 is 6.08 Å². The highest BCUT2D eigenvalue weighted by atomic mass is 14.2. The van der Waals surface area contributed by atoms with Gasteiger partial charge < -0.3 is 0 Å². The smallest absolute Gasteiger partial charge is 0.0161 e. The Hall–Kier alpha value is -3.38. The van der Waals surface area contributed by atoms with Crippen LogP contribution in [0.3, 0.4) is 0 Å². The first-order valence-corrected chi connectivity index (χ1v) is 9.71. The van der Waals surface area contributed by atoms with Crippen molar-refractivity contribution in [2.75, 3.05) is 0 Å². The van der Waals surface area contributed by atoms with Gasteiger partial charge in [-0.25, -0.2) is 0 Å². The van der Waals surface area contributed by atoms with Gasteiger partial charge in [0.25, 0.3) is 0 Å². The molecule has 0 heterocycles. The molecule has 0 N–H and O–H groups in total. The molecule has 0 amide bonds. The van der Waals surface area contributed by atoms with Gasteiger partial charge in [-0.05, 0) is 51.4 Å². The first-order valence-electron chi connectivity index (χ1n) is 9.71. The molecule has 5 rings (SSSR count). The molecule has 1 aliphatic carbocycles.